The smallest absolute Gasteiger partial charge is 0.324 e. The van der Waals surface area contributed by atoms with E-state index in [-0.39, 0.29) is 10.3 Å². The lowest BCUT2D eigenvalue weighted by atomic mass is 9.91. The monoisotopic (exact) mass is 436 g/mol. The van der Waals surface area contributed by atoms with Crippen molar-refractivity contribution in [3.63, 3.8) is 0 Å². The Morgan fingerprint density at radius 1 is 1.17 bits per heavy atom. The average molecular weight is 437 g/mol. The molecule has 0 unspecified atom stereocenters. The third-order valence-electron chi connectivity index (χ3n) is 5.97. The van der Waals surface area contributed by atoms with Crippen molar-refractivity contribution < 1.29 is 23.4 Å². The van der Waals surface area contributed by atoms with Crippen LogP contribution in [0.1, 0.15) is 66.1 Å². The zero-order chi connectivity index (χ0) is 22.5. The highest BCUT2D eigenvalue weighted by Gasteiger charge is 2.43. The second-order valence-corrected chi connectivity index (χ2v) is 12.8. The molecule has 30 heavy (non-hydrogen) atoms. The number of hydrogen-bond acceptors (Lipinski definition) is 5. The summed E-state index contributed by atoms with van der Waals surface area (Å²) in [4.78, 5) is 16.2. The van der Waals surface area contributed by atoms with Crippen LogP contribution in [-0.4, -0.2) is 44.5 Å². The van der Waals surface area contributed by atoms with Gasteiger partial charge in [0.1, 0.15) is 5.82 Å². The van der Waals surface area contributed by atoms with Gasteiger partial charge in [-0.2, -0.15) is 0 Å². The van der Waals surface area contributed by atoms with E-state index in [4.69, 9.17) is 4.98 Å². The van der Waals surface area contributed by atoms with E-state index in [1.54, 1.807) is 6.07 Å². The fourth-order valence-corrected chi connectivity index (χ4v) is 5.34. The summed E-state index contributed by atoms with van der Waals surface area (Å²) in [5.74, 6) is -0.602. The first-order valence-corrected chi connectivity index (χ1v) is 11.8. The molecule has 1 aromatic carbocycles. The summed E-state index contributed by atoms with van der Waals surface area (Å²) in [6, 6.07) is 4.58. The number of imidazole rings is 1. The van der Waals surface area contributed by atoms with Crippen LogP contribution in [0.4, 0.5) is 0 Å². The Balaban J connectivity index is 2.13. The van der Waals surface area contributed by atoms with Crippen molar-refractivity contribution in [2.24, 2.45) is 5.41 Å². The lowest BCUT2D eigenvalue weighted by Gasteiger charge is -2.26. The molecule has 2 N–H and O–H groups in total. The van der Waals surface area contributed by atoms with Crippen LogP contribution in [0.25, 0.3) is 11.0 Å². The molecule has 1 aliphatic rings. The Hall–Kier alpha value is -1.93. The van der Waals surface area contributed by atoms with Crippen LogP contribution in [0.3, 0.4) is 0 Å². The number of fused-ring (bicyclic) bond motifs is 1. The van der Waals surface area contributed by atoms with E-state index < -0.39 is 26.2 Å². The van der Waals surface area contributed by atoms with E-state index >= 15 is 0 Å². The molecule has 166 valence electrons. The van der Waals surface area contributed by atoms with Gasteiger partial charge in [0.15, 0.2) is 14.6 Å². The maximum absolute atomic E-state index is 12.9. The summed E-state index contributed by atoms with van der Waals surface area (Å²) >= 11 is 0. The summed E-state index contributed by atoms with van der Waals surface area (Å²) in [6.07, 6.45) is 4.12. The molecule has 0 amide bonds. The van der Waals surface area contributed by atoms with Gasteiger partial charge in [0, 0.05) is 6.42 Å². The zero-order valence-electron chi connectivity index (χ0n) is 18.4. The molecule has 1 aliphatic carbocycles. The lowest BCUT2D eigenvalue weighted by Crippen LogP contribution is -2.40. The maximum atomic E-state index is 12.9. The van der Waals surface area contributed by atoms with Crippen molar-refractivity contribution in [2.75, 3.05) is 0 Å². The summed E-state index contributed by atoms with van der Waals surface area (Å²) < 4.78 is 25.9. The minimum Gasteiger partial charge on any atom is -0.480 e. The lowest BCUT2D eigenvalue weighted by molar-refractivity contribution is -0.139. The highest BCUT2D eigenvalue weighted by Crippen LogP contribution is 2.35. The molecular weight excluding hydrogens is 404 g/mol. The fraction of sp³-hybridized carbons (Fsp3) is 0.636. The Kier molecular flexibility index (Phi) is 5.56. The van der Waals surface area contributed by atoms with Crippen LogP contribution in [0, 0.1) is 5.41 Å². The van der Waals surface area contributed by atoms with E-state index in [1.807, 2.05) is 4.57 Å². The molecule has 0 aliphatic heterocycles. The van der Waals surface area contributed by atoms with Crippen LogP contribution in [0.5, 0.6) is 0 Å². The average Bonchev–Trinajstić information content (AvgIpc) is 3.17. The van der Waals surface area contributed by atoms with Crippen molar-refractivity contribution in [3.05, 3.63) is 24.0 Å². The molecule has 8 heteroatoms. The van der Waals surface area contributed by atoms with E-state index in [0.717, 1.165) is 37.0 Å². The second-order valence-electron chi connectivity index (χ2n) is 10.3. The Morgan fingerprint density at radius 2 is 1.77 bits per heavy atom. The van der Waals surface area contributed by atoms with Crippen LogP contribution in [0.2, 0.25) is 0 Å². The number of sulfone groups is 1. The van der Waals surface area contributed by atoms with Gasteiger partial charge in [0.2, 0.25) is 0 Å². The number of carboxylic acids is 1. The van der Waals surface area contributed by atoms with Gasteiger partial charge in [-0.05, 0) is 50.3 Å². The van der Waals surface area contributed by atoms with Crippen molar-refractivity contribution in [1.29, 1.82) is 0 Å². The number of aliphatic hydroxyl groups is 1. The van der Waals surface area contributed by atoms with Gasteiger partial charge in [-0.3, -0.25) is 4.79 Å². The van der Waals surface area contributed by atoms with Crippen molar-refractivity contribution in [2.45, 2.75) is 88.5 Å². The quantitative estimate of drug-likeness (QED) is 0.716. The van der Waals surface area contributed by atoms with E-state index in [1.165, 1.54) is 26.0 Å². The predicted molar refractivity (Wildman–Crippen MR) is 115 cm³/mol. The molecular formula is C22H32N2O5S. The molecule has 1 saturated carbocycles. The topological polar surface area (TPSA) is 109 Å². The van der Waals surface area contributed by atoms with Gasteiger partial charge in [-0.15, -0.1) is 0 Å². The summed E-state index contributed by atoms with van der Waals surface area (Å²) in [6.45, 7) is 9.11. The van der Waals surface area contributed by atoms with Gasteiger partial charge in [0.05, 0.1) is 28.1 Å². The van der Waals surface area contributed by atoms with E-state index in [0.29, 0.717) is 18.5 Å². The Morgan fingerprint density at radius 3 is 2.30 bits per heavy atom. The first-order valence-electron chi connectivity index (χ1n) is 10.4. The highest BCUT2D eigenvalue weighted by atomic mass is 32.2. The van der Waals surface area contributed by atoms with E-state index in [9.17, 15) is 23.4 Å². The minimum absolute atomic E-state index is 0.0440. The molecule has 1 aromatic heterocycles. The number of carboxylic acid groups (broad SMARTS) is 1. The maximum Gasteiger partial charge on any atom is 0.324 e. The van der Waals surface area contributed by atoms with Crippen LogP contribution >= 0.6 is 0 Å². The molecule has 2 aromatic rings. The number of hydrogen-bond donors (Lipinski definition) is 2. The predicted octanol–water partition coefficient (Wildman–Crippen LogP) is 3.57. The number of aromatic nitrogens is 2. The minimum atomic E-state index is -4.10. The molecule has 1 fully saturated rings. The summed E-state index contributed by atoms with van der Waals surface area (Å²) in [5.41, 5.74) is 0.424. The number of nitrogens with zero attached hydrogens (tertiary/aromatic N) is 2. The molecule has 7 nitrogen and oxygen atoms in total. The molecule has 3 rings (SSSR count). The van der Waals surface area contributed by atoms with Crippen LogP contribution < -0.4 is 0 Å². The first kappa shape index (κ1) is 22.7. The van der Waals surface area contributed by atoms with Crippen molar-refractivity contribution in [3.8, 4) is 0 Å². The molecule has 0 saturated heterocycles. The number of carbonyl (C=O) groups is 1. The van der Waals surface area contributed by atoms with E-state index in [2.05, 4.69) is 20.8 Å². The molecule has 0 bridgehead atoms. The standard InChI is InChI=1S/C22H32N2O5S/c1-20(2,3)13-18-23-16-12-15(30(28,29)21(4,5)19(25)26)8-9-17(16)24(18)14-22(27)10-6-7-11-22/h8-9,12,27H,6-7,10-11,13-14H2,1-5H3,(H,25,26). The fourth-order valence-electron chi connectivity index (χ4n) is 4.01. The van der Waals surface area contributed by atoms with Crippen molar-refractivity contribution in [1.82, 2.24) is 9.55 Å². The second kappa shape index (κ2) is 7.34. The largest absolute Gasteiger partial charge is 0.480 e. The molecule has 0 radical (unpaired) electrons. The summed E-state index contributed by atoms with van der Waals surface area (Å²) in [5, 5.41) is 20.4. The highest BCUT2D eigenvalue weighted by molar-refractivity contribution is 7.93. The number of benzene rings is 1. The van der Waals surface area contributed by atoms with Crippen molar-refractivity contribution >= 4 is 26.8 Å². The Bertz CT molecular complexity index is 1070. The van der Waals surface area contributed by atoms with Gasteiger partial charge in [-0.25, -0.2) is 13.4 Å². The molecule has 0 spiro atoms. The number of rotatable bonds is 6. The Labute approximate surface area is 178 Å². The molecule has 0 atom stereocenters. The number of aliphatic carboxylic acids is 1. The van der Waals surface area contributed by atoms with Gasteiger partial charge >= 0.3 is 5.97 Å². The molecule has 1 heterocycles. The normalized spacial score (nSPS) is 17.5. The van der Waals surface area contributed by atoms with Gasteiger partial charge < -0.3 is 14.8 Å². The summed E-state index contributed by atoms with van der Waals surface area (Å²) in [7, 11) is -4.10. The van der Waals surface area contributed by atoms with Crippen LogP contribution in [-0.2, 0) is 27.6 Å². The van der Waals surface area contributed by atoms with Gasteiger partial charge in [-0.1, -0.05) is 33.6 Å². The third kappa shape index (κ3) is 4.12. The first-order chi connectivity index (χ1) is 13.7. The third-order valence-corrected chi connectivity index (χ3v) is 8.36. The zero-order valence-corrected chi connectivity index (χ0v) is 19.2. The SMILES string of the molecule is CC(C)(C)Cc1nc2cc(S(=O)(=O)C(C)(C)C(=O)O)ccc2n1CC1(O)CCCC1. The van der Waals surface area contributed by atoms with Crippen LogP contribution in [0.15, 0.2) is 23.1 Å². The van der Waals surface area contributed by atoms with Gasteiger partial charge in [0.25, 0.3) is 0 Å².